The van der Waals surface area contributed by atoms with Gasteiger partial charge in [0.2, 0.25) is 28.7 Å². The third-order valence-electron chi connectivity index (χ3n) is 8.60. The van der Waals surface area contributed by atoms with Gasteiger partial charge in [-0.2, -0.15) is 0 Å². The molecule has 1 unspecified atom stereocenters. The van der Waals surface area contributed by atoms with Gasteiger partial charge in [0.15, 0.2) is 10.9 Å². The highest BCUT2D eigenvalue weighted by Crippen LogP contribution is 2.43. The monoisotopic (exact) mass is 819 g/mol. The highest BCUT2D eigenvalue weighted by molar-refractivity contribution is 8.14. The number of alkyl carbamates (subject to hydrolysis) is 1. The van der Waals surface area contributed by atoms with E-state index in [-0.39, 0.29) is 25.9 Å². The van der Waals surface area contributed by atoms with Gasteiger partial charge in [0, 0.05) is 26.3 Å². The molecule has 7 N–H and O–H groups in total. The quantitative estimate of drug-likeness (QED) is 0.0569. The average Bonchev–Trinajstić information content (AvgIpc) is 3.07. The summed E-state index contributed by atoms with van der Waals surface area (Å²) < 4.78 is 33.9. The molecule has 0 bridgehead atoms. The molecule has 8 atom stereocenters. The van der Waals surface area contributed by atoms with Gasteiger partial charge in [0.1, 0.15) is 48.1 Å². The lowest BCUT2D eigenvalue weighted by atomic mass is 9.94. The molecular weight excluding hydrogens is 758 g/mol. The minimum atomic E-state index is -2.37. The predicted octanol–water partition coefficient (Wildman–Crippen LogP) is 1.01. The van der Waals surface area contributed by atoms with Gasteiger partial charge >= 0.3 is 12.1 Å². The molecule has 19 nitrogen and oxygen atoms in total. The molecule has 0 saturated carbocycles. The fraction of sp³-hybridized carbons (Fsp3) is 0.806. The Morgan fingerprint density at radius 2 is 1.59 bits per heavy atom. The Hall–Kier alpha value is -3.56. The van der Waals surface area contributed by atoms with E-state index in [0.717, 1.165) is 19.3 Å². The summed E-state index contributed by atoms with van der Waals surface area (Å²) in [6, 6.07) is -3.83. The molecule has 0 radical (unpaired) electrons. The van der Waals surface area contributed by atoms with E-state index in [1.165, 1.54) is 27.9 Å². The van der Waals surface area contributed by atoms with Crippen LogP contribution in [0.25, 0.3) is 0 Å². The van der Waals surface area contributed by atoms with Crippen molar-refractivity contribution in [1.29, 1.82) is 0 Å². The number of methoxy groups -OCH3 is 1. The molecule has 20 heteroatoms. The van der Waals surface area contributed by atoms with Crippen LogP contribution in [-0.2, 0) is 57.2 Å². The highest BCUT2D eigenvalue weighted by atomic mass is 32.2. The van der Waals surface area contributed by atoms with Crippen molar-refractivity contribution < 1.29 is 67.1 Å². The zero-order chi connectivity index (χ0) is 42.4. The van der Waals surface area contributed by atoms with Gasteiger partial charge in [-0.25, -0.2) is 4.79 Å². The number of amides is 5. The van der Waals surface area contributed by atoms with Crippen molar-refractivity contribution in [1.82, 2.24) is 21.3 Å². The second-order valence-electron chi connectivity index (χ2n) is 15.2. The molecule has 2 saturated heterocycles. The summed E-state index contributed by atoms with van der Waals surface area (Å²) in [7, 11) is 1.18. The van der Waals surface area contributed by atoms with Crippen LogP contribution in [0.1, 0.15) is 107 Å². The first kappa shape index (κ1) is 48.6. The molecule has 2 aliphatic rings. The Labute approximate surface area is 332 Å². The van der Waals surface area contributed by atoms with Crippen LogP contribution in [0.3, 0.4) is 0 Å². The number of thioether (sulfide) groups is 1. The van der Waals surface area contributed by atoms with Crippen LogP contribution in [0.15, 0.2) is 0 Å². The van der Waals surface area contributed by atoms with Gasteiger partial charge in [-0.15, -0.1) is 0 Å². The van der Waals surface area contributed by atoms with Crippen LogP contribution >= 0.6 is 11.8 Å². The minimum Gasteiger partial charge on any atom is -0.469 e. The minimum absolute atomic E-state index is 0.0804. The Kier molecular flexibility index (Phi) is 18.9. The van der Waals surface area contributed by atoms with E-state index in [2.05, 4.69) is 26.0 Å². The molecule has 0 aromatic carbocycles. The number of hydrogen-bond acceptors (Lipinski definition) is 15. The van der Waals surface area contributed by atoms with E-state index in [1.54, 1.807) is 34.6 Å². The Balaban J connectivity index is 2.10. The largest absolute Gasteiger partial charge is 0.469 e. The standard InChI is InChI=1S/C36H61N5O14S/c1-20(31(46)41-23(30(37)45)16-17-25(43)50-9)39-32(47)21(2)52-28-27-24(19-51-35(7,8)54-27)53-36(49,29(28)40-22(3)42)56-26(44)15-13-11-10-12-14-18-38-33(48)55-34(4,5)6/h20-21,23-24,27-29,49H,10-19H2,1-9H3,(H2,37,45)(H,38,48)(H,39,47)(H,40,42)(H,41,46)/t20-,21+,23-,24+,27+,28-,29+,36?/m0/s1. The number of unbranched alkanes of at least 4 members (excludes halogenated alkanes) is 4. The molecule has 5 amide bonds. The zero-order valence-electron chi connectivity index (χ0n) is 33.9. The van der Waals surface area contributed by atoms with Crippen molar-refractivity contribution in [2.45, 2.75) is 166 Å². The maximum absolute atomic E-state index is 13.4. The number of esters is 1. The number of aliphatic hydroxyl groups is 1. The summed E-state index contributed by atoms with van der Waals surface area (Å²) in [4.78, 5) is 87.2. The van der Waals surface area contributed by atoms with Crippen molar-refractivity contribution >= 4 is 52.6 Å². The normalized spacial score (nSPS) is 24.6. The SMILES string of the molecule is COC(=O)CC[C@H](NC(=O)[C@H](C)NC(=O)[C@@H](C)O[C@H]1[C@@H]2OC(C)(C)OC[C@H]2OC(O)(SC(=O)CCCCCCCNC(=O)OC(C)(C)C)[C@@H]1NC(C)=O)C(N)=O. The van der Waals surface area contributed by atoms with Crippen LogP contribution in [0.4, 0.5) is 4.79 Å². The molecule has 0 aromatic rings. The van der Waals surface area contributed by atoms with Gasteiger partial charge in [0.05, 0.1) is 13.7 Å². The molecule has 2 heterocycles. The van der Waals surface area contributed by atoms with Crippen molar-refractivity contribution in [2.75, 3.05) is 20.3 Å². The summed E-state index contributed by atoms with van der Waals surface area (Å²) in [5.74, 6) is -4.78. The van der Waals surface area contributed by atoms with Gasteiger partial charge in [-0.3, -0.25) is 28.8 Å². The number of fused-ring (bicyclic) bond motifs is 1. The van der Waals surface area contributed by atoms with Crippen LogP contribution in [0.2, 0.25) is 0 Å². The van der Waals surface area contributed by atoms with E-state index >= 15 is 0 Å². The third kappa shape index (κ3) is 16.5. The molecule has 0 spiro atoms. The summed E-state index contributed by atoms with van der Waals surface area (Å²) >= 11 is 0.484. The van der Waals surface area contributed by atoms with Gasteiger partial charge < -0.3 is 60.5 Å². The molecular formula is C36H61N5O14S. The Morgan fingerprint density at radius 3 is 2.20 bits per heavy atom. The van der Waals surface area contributed by atoms with E-state index in [4.69, 9.17) is 29.4 Å². The molecule has 0 aromatic heterocycles. The van der Waals surface area contributed by atoms with Gasteiger partial charge in [-0.05, 0) is 79.5 Å². The number of nitrogens with two attached hydrogens (primary N) is 1. The van der Waals surface area contributed by atoms with E-state index in [1.807, 2.05) is 0 Å². The van der Waals surface area contributed by atoms with E-state index in [9.17, 15) is 38.7 Å². The fourth-order valence-corrected chi connectivity index (χ4v) is 6.87. The average molecular weight is 820 g/mol. The maximum Gasteiger partial charge on any atom is 0.407 e. The summed E-state index contributed by atoms with van der Waals surface area (Å²) in [5.41, 5.74) is 4.80. The number of carbonyl (C=O) groups excluding carboxylic acids is 7. The second-order valence-corrected chi connectivity index (χ2v) is 16.5. The van der Waals surface area contributed by atoms with Gasteiger partial charge in [-0.1, -0.05) is 19.3 Å². The lowest BCUT2D eigenvalue weighted by Gasteiger charge is -2.54. The zero-order valence-corrected chi connectivity index (χ0v) is 34.7. The van der Waals surface area contributed by atoms with Crippen LogP contribution in [-0.4, -0.2) is 125 Å². The van der Waals surface area contributed by atoms with Crippen molar-refractivity contribution in [3.63, 3.8) is 0 Å². The molecule has 0 aliphatic carbocycles. The highest BCUT2D eigenvalue weighted by Gasteiger charge is 2.60. The molecule has 2 rings (SSSR count). The molecule has 320 valence electrons. The first-order valence-corrected chi connectivity index (χ1v) is 19.6. The first-order chi connectivity index (χ1) is 26.0. The van der Waals surface area contributed by atoms with Crippen molar-refractivity contribution in [2.24, 2.45) is 5.73 Å². The van der Waals surface area contributed by atoms with Crippen molar-refractivity contribution in [3.05, 3.63) is 0 Å². The van der Waals surface area contributed by atoms with Crippen LogP contribution in [0, 0.1) is 0 Å². The summed E-state index contributed by atoms with van der Waals surface area (Å²) in [6.45, 7) is 13.0. The topological polar surface area (TPSA) is 269 Å². The molecule has 2 fully saturated rings. The summed E-state index contributed by atoms with van der Waals surface area (Å²) in [5, 5.41) is 19.4. The number of ether oxygens (including phenoxy) is 6. The number of rotatable bonds is 20. The van der Waals surface area contributed by atoms with Crippen molar-refractivity contribution in [3.8, 4) is 0 Å². The Morgan fingerprint density at radius 1 is 0.946 bits per heavy atom. The third-order valence-corrected chi connectivity index (χ3v) is 9.67. The van der Waals surface area contributed by atoms with E-state index in [0.29, 0.717) is 31.1 Å². The fourth-order valence-electron chi connectivity index (χ4n) is 5.80. The lowest BCUT2D eigenvalue weighted by molar-refractivity contribution is -0.376. The number of hydrogen-bond donors (Lipinski definition) is 6. The number of nitrogens with one attached hydrogen (secondary N) is 4. The smallest absolute Gasteiger partial charge is 0.407 e. The molecule has 2 aliphatic heterocycles. The predicted molar refractivity (Wildman–Crippen MR) is 201 cm³/mol. The van der Waals surface area contributed by atoms with Crippen LogP contribution in [0.5, 0.6) is 0 Å². The lowest BCUT2D eigenvalue weighted by Crippen LogP contribution is -2.73. The number of primary amides is 1. The number of carbonyl (C=O) groups is 7. The van der Waals surface area contributed by atoms with Crippen LogP contribution < -0.4 is 27.0 Å². The summed E-state index contributed by atoms with van der Waals surface area (Å²) in [6.07, 6.45) is -1.73. The van der Waals surface area contributed by atoms with Gasteiger partial charge in [0.25, 0.3) is 0 Å². The maximum atomic E-state index is 13.4. The van der Waals surface area contributed by atoms with E-state index < -0.39 is 99.9 Å². The Bertz CT molecular complexity index is 1390. The first-order valence-electron chi connectivity index (χ1n) is 18.8. The second kappa shape index (κ2) is 21.8. The molecule has 56 heavy (non-hydrogen) atoms.